The first kappa shape index (κ1) is 15.5. The standard InChI is InChI=1S/C14H26N4O/c1-6-18-9-12(15)13(16-18)14(19)17(7-10(2)3)8-11(4)5/h9-11H,6-8,15H2,1-5H3. The van der Waals surface area contributed by atoms with Gasteiger partial charge in [0, 0.05) is 25.8 Å². The highest BCUT2D eigenvalue weighted by molar-refractivity contribution is 5.97. The van der Waals surface area contributed by atoms with Gasteiger partial charge in [-0.15, -0.1) is 0 Å². The summed E-state index contributed by atoms with van der Waals surface area (Å²) in [6, 6.07) is 0. The number of anilines is 1. The van der Waals surface area contributed by atoms with Crippen LogP contribution in [0.25, 0.3) is 0 Å². The van der Waals surface area contributed by atoms with Gasteiger partial charge in [-0.2, -0.15) is 5.10 Å². The Labute approximate surface area is 115 Å². The number of nitrogens with zero attached hydrogens (tertiary/aromatic N) is 3. The van der Waals surface area contributed by atoms with E-state index in [0.29, 0.717) is 29.8 Å². The molecule has 0 aliphatic carbocycles. The zero-order chi connectivity index (χ0) is 14.6. The first-order valence-corrected chi connectivity index (χ1v) is 6.97. The largest absolute Gasteiger partial charge is 0.396 e. The lowest BCUT2D eigenvalue weighted by molar-refractivity contribution is 0.0709. The molecular weight excluding hydrogens is 240 g/mol. The normalized spacial score (nSPS) is 11.3. The Balaban J connectivity index is 2.93. The van der Waals surface area contributed by atoms with E-state index in [2.05, 4.69) is 32.8 Å². The van der Waals surface area contributed by atoms with Crippen LogP contribution < -0.4 is 5.73 Å². The van der Waals surface area contributed by atoms with Gasteiger partial charge < -0.3 is 10.6 Å². The van der Waals surface area contributed by atoms with Crippen LogP contribution in [0.4, 0.5) is 5.69 Å². The molecule has 0 unspecified atom stereocenters. The van der Waals surface area contributed by atoms with Gasteiger partial charge in [0.05, 0.1) is 5.69 Å². The summed E-state index contributed by atoms with van der Waals surface area (Å²) in [5.41, 5.74) is 6.73. The lowest BCUT2D eigenvalue weighted by Crippen LogP contribution is -2.37. The van der Waals surface area contributed by atoms with Crippen molar-refractivity contribution in [1.29, 1.82) is 0 Å². The maximum Gasteiger partial charge on any atom is 0.276 e. The van der Waals surface area contributed by atoms with Crippen molar-refractivity contribution in [3.63, 3.8) is 0 Å². The molecule has 1 heterocycles. The van der Waals surface area contributed by atoms with Gasteiger partial charge in [-0.3, -0.25) is 9.48 Å². The highest BCUT2D eigenvalue weighted by Gasteiger charge is 2.22. The Hall–Kier alpha value is -1.52. The highest BCUT2D eigenvalue weighted by Crippen LogP contribution is 2.14. The lowest BCUT2D eigenvalue weighted by atomic mass is 10.1. The molecule has 0 saturated heterocycles. The summed E-state index contributed by atoms with van der Waals surface area (Å²) in [5, 5.41) is 4.26. The number of carbonyl (C=O) groups excluding carboxylic acids is 1. The van der Waals surface area contributed by atoms with Crippen LogP contribution >= 0.6 is 0 Å². The number of hydrogen-bond donors (Lipinski definition) is 1. The number of nitrogen functional groups attached to an aromatic ring is 1. The number of hydrogen-bond acceptors (Lipinski definition) is 3. The van der Waals surface area contributed by atoms with Crippen LogP contribution in [0, 0.1) is 11.8 Å². The molecule has 0 spiro atoms. The van der Waals surface area contributed by atoms with Gasteiger partial charge in [0.1, 0.15) is 0 Å². The molecule has 1 rings (SSSR count). The molecule has 0 radical (unpaired) electrons. The average Bonchev–Trinajstić information content (AvgIpc) is 2.67. The quantitative estimate of drug-likeness (QED) is 0.858. The maximum absolute atomic E-state index is 12.5. The molecule has 0 bridgehead atoms. The van der Waals surface area contributed by atoms with Gasteiger partial charge >= 0.3 is 0 Å². The summed E-state index contributed by atoms with van der Waals surface area (Å²) in [6.07, 6.45) is 1.72. The number of amides is 1. The molecule has 2 N–H and O–H groups in total. The van der Waals surface area contributed by atoms with Crippen LogP contribution in [0.2, 0.25) is 0 Å². The highest BCUT2D eigenvalue weighted by atomic mass is 16.2. The Morgan fingerprint density at radius 2 is 1.84 bits per heavy atom. The molecule has 1 aromatic rings. The molecule has 0 atom stereocenters. The summed E-state index contributed by atoms with van der Waals surface area (Å²) in [5.74, 6) is 0.793. The van der Waals surface area contributed by atoms with Crippen LogP contribution in [0.1, 0.15) is 45.1 Å². The third kappa shape index (κ3) is 4.26. The predicted octanol–water partition coefficient (Wildman–Crippen LogP) is 2.24. The number of carbonyl (C=O) groups is 1. The van der Waals surface area contributed by atoms with Crippen molar-refractivity contribution in [1.82, 2.24) is 14.7 Å². The molecule has 0 aliphatic rings. The monoisotopic (exact) mass is 266 g/mol. The molecule has 0 aromatic carbocycles. The fourth-order valence-electron chi connectivity index (χ4n) is 2.04. The maximum atomic E-state index is 12.5. The van der Waals surface area contributed by atoms with Crippen LogP contribution in [0.3, 0.4) is 0 Å². The summed E-state index contributed by atoms with van der Waals surface area (Å²) in [6.45, 7) is 12.6. The zero-order valence-corrected chi connectivity index (χ0v) is 12.7. The molecule has 1 amide bonds. The number of rotatable bonds is 6. The summed E-state index contributed by atoms with van der Waals surface area (Å²) < 4.78 is 1.70. The molecule has 0 saturated carbocycles. The van der Waals surface area contributed by atoms with E-state index in [4.69, 9.17) is 5.73 Å². The third-order valence-electron chi connectivity index (χ3n) is 2.77. The first-order valence-electron chi connectivity index (χ1n) is 6.97. The van der Waals surface area contributed by atoms with Crippen molar-refractivity contribution >= 4 is 11.6 Å². The fraction of sp³-hybridized carbons (Fsp3) is 0.714. The summed E-state index contributed by atoms with van der Waals surface area (Å²) in [4.78, 5) is 14.4. The lowest BCUT2D eigenvalue weighted by Gasteiger charge is -2.25. The molecule has 19 heavy (non-hydrogen) atoms. The van der Waals surface area contributed by atoms with Crippen LogP contribution in [0.15, 0.2) is 6.20 Å². The van der Waals surface area contributed by atoms with Crippen molar-refractivity contribution in [2.24, 2.45) is 11.8 Å². The molecule has 0 fully saturated rings. The molecular formula is C14H26N4O. The van der Waals surface area contributed by atoms with E-state index >= 15 is 0 Å². The minimum Gasteiger partial charge on any atom is -0.396 e. The van der Waals surface area contributed by atoms with E-state index in [1.54, 1.807) is 10.9 Å². The minimum absolute atomic E-state index is 0.0629. The van der Waals surface area contributed by atoms with Crippen molar-refractivity contribution < 1.29 is 4.79 Å². The van der Waals surface area contributed by atoms with Crippen molar-refractivity contribution in [3.05, 3.63) is 11.9 Å². The molecule has 5 nitrogen and oxygen atoms in total. The van der Waals surface area contributed by atoms with E-state index in [-0.39, 0.29) is 5.91 Å². The van der Waals surface area contributed by atoms with Gasteiger partial charge in [0.2, 0.25) is 0 Å². The predicted molar refractivity (Wildman–Crippen MR) is 77.9 cm³/mol. The van der Waals surface area contributed by atoms with Gasteiger partial charge in [0.25, 0.3) is 5.91 Å². The van der Waals surface area contributed by atoms with Gasteiger partial charge in [-0.25, -0.2) is 0 Å². The second kappa shape index (κ2) is 6.59. The van der Waals surface area contributed by atoms with Crippen molar-refractivity contribution in [2.75, 3.05) is 18.8 Å². The fourth-order valence-corrected chi connectivity index (χ4v) is 2.04. The van der Waals surface area contributed by atoms with Crippen molar-refractivity contribution in [3.8, 4) is 0 Å². The van der Waals surface area contributed by atoms with E-state index in [1.807, 2.05) is 11.8 Å². The van der Waals surface area contributed by atoms with Crippen LogP contribution in [0.5, 0.6) is 0 Å². The summed E-state index contributed by atoms with van der Waals surface area (Å²) >= 11 is 0. The van der Waals surface area contributed by atoms with Gasteiger partial charge in [0.15, 0.2) is 5.69 Å². The zero-order valence-electron chi connectivity index (χ0n) is 12.7. The third-order valence-corrected chi connectivity index (χ3v) is 2.77. The topological polar surface area (TPSA) is 64.2 Å². The van der Waals surface area contributed by atoms with E-state index in [0.717, 1.165) is 13.1 Å². The number of nitrogens with two attached hydrogens (primary N) is 1. The summed E-state index contributed by atoms with van der Waals surface area (Å²) in [7, 11) is 0. The minimum atomic E-state index is -0.0629. The average molecular weight is 266 g/mol. The van der Waals surface area contributed by atoms with Gasteiger partial charge in [-0.1, -0.05) is 27.7 Å². The Morgan fingerprint density at radius 1 is 1.32 bits per heavy atom. The second-order valence-corrected chi connectivity index (χ2v) is 5.79. The molecule has 1 aromatic heterocycles. The van der Waals surface area contributed by atoms with Crippen LogP contribution in [-0.4, -0.2) is 33.7 Å². The number of aromatic nitrogens is 2. The van der Waals surface area contributed by atoms with E-state index in [9.17, 15) is 4.79 Å². The molecule has 108 valence electrons. The van der Waals surface area contributed by atoms with E-state index in [1.165, 1.54) is 0 Å². The second-order valence-electron chi connectivity index (χ2n) is 5.79. The Bertz CT molecular complexity index is 413. The van der Waals surface area contributed by atoms with Crippen molar-refractivity contribution in [2.45, 2.75) is 41.2 Å². The SMILES string of the molecule is CCn1cc(N)c(C(=O)N(CC(C)C)CC(C)C)n1. The smallest absolute Gasteiger partial charge is 0.276 e. The Kier molecular flexibility index (Phi) is 5.39. The number of aryl methyl sites for hydroxylation is 1. The van der Waals surface area contributed by atoms with E-state index < -0.39 is 0 Å². The Morgan fingerprint density at radius 3 is 2.21 bits per heavy atom. The molecule has 0 aliphatic heterocycles. The van der Waals surface area contributed by atoms with Crippen LogP contribution in [-0.2, 0) is 6.54 Å². The first-order chi connectivity index (χ1) is 8.85. The molecule has 5 heteroatoms. The van der Waals surface area contributed by atoms with Gasteiger partial charge in [-0.05, 0) is 18.8 Å².